The van der Waals surface area contributed by atoms with Crippen molar-refractivity contribution >= 4 is 94.6 Å². The molecule has 8 aliphatic heterocycles. The average Bonchev–Trinajstić information content (AvgIpc) is 1.73. The van der Waals surface area contributed by atoms with Crippen molar-refractivity contribution in [3.63, 3.8) is 0 Å². The molecule has 8 heterocycles. The van der Waals surface area contributed by atoms with Crippen LogP contribution in [-0.2, 0) is 62.0 Å². The van der Waals surface area contributed by atoms with E-state index in [2.05, 4.69) is 35.1 Å². The van der Waals surface area contributed by atoms with Crippen LogP contribution in [0.4, 0.5) is 52.5 Å². The number of benzene rings is 4. The summed E-state index contributed by atoms with van der Waals surface area (Å²) in [6.45, 7) is 47.6. The first-order chi connectivity index (χ1) is 61.6. The van der Waals surface area contributed by atoms with Gasteiger partial charge >= 0.3 is 24.5 Å². The number of non-ortho nitro benzene ring substituents is 3. The van der Waals surface area contributed by atoms with E-state index in [0.717, 1.165) is 81.2 Å². The Balaban J connectivity index is -0.000000710. The van der Waals surface area contributed by atoms with E-state index in [1.807, 2.05) is 183 Å². The standard InChI is InChI=1S/C14H27N2O3.C12H14FN3O4.C12H13N3O4.C12H15N3O2.C11H21NO4.C6H4FNO3.C6H12N2O2.C4H11N.4C2H6.2CO2.ClH.Rf/c1-7-8-15-9-11-10-18-14(5,6)16(11)12(17)19-13(2,3)4;1-15-5-8(14-12(17)6-15)7-20-11-4-9(16(18)19)2-3-10(11)13;1-13-5-9-7-19-11-4-8(15(17)18)2-3-10(11)14(9)12(16)6-13;1-14-5-9-7-17-11-4-8(13)2-3-10(11)15(9)12(16)6-14;1-10(2,3)16-9(13)12-8(14-6)7-15-11(12,4)5;7-5-2-1-4(8(10)11)3-6(5)9;1-8-2-5(4-9)7-6(10)3-8;1-3-4-5-2;4*1-2;2*2-1-3;;/h11H,7-10H2,1-6H3;2-4,8H,5-7H2,1H3,(H,14,17);2-4,9H,5-7H2,1H3;2-4,9H,5-7,13H2,1H3;8H,7H2,1-6H3;1-3,9H;5,9H,2-4H2,1H3,(H,7,10);5H,3-4H2,1-2H3;4*1-2H3;;;1H;/q-1;;;;;;;;;;;;;;;. The third-order valence-corrected chi connectivity index (χ3v) is 17.9. The number of piperazine rings is 4. The van der Waals surface area contributed by atoms with E-state index in [-0.39, 0.29) is 127 Å². The van der Waals surface area contributed by atoms with Crippen LogP contribution in [0.1, 0.15) is 151 Å². The molecule has 42 nitrogen and oxygen atoms in total. The van der Waals surface area contributed by atoms with Gasteiger partial charge < -0.3 is 80.0 Å². The number of nitrogen functional groups attached to an aromatic ring is 1. The molecule has 6 unspecified atom stereocenters. The SMILES string of the molecule is CC.CC.CC.CC.CCCNC.CCC[N-]CC1COC(C)(C)N1C(=O)OC(C)(C)C.CN1CC(=O)N2c3ccc(N)cc3OCC2C1.CN1CC(=O)N2c3ccc([N+](=O)[O-])cc3OCC2C1.CN1CC(=O)NC(CO)C1.CN1CC(=O)NC(COc2cc([N+](=O)[O-])ccc2F)C1.COC1COC(C)(C)N1C(=O)OC(C)(C)C.Cl.O=C=O.O=C=O.O=[N+]([O-])c1ccc(F)c(O)c1.[Rf]. The van der Waals surface area contributed by atoms with E-state index in [4.69, 9.17) is 73.0 Å². The van der Waals surface area contributed by atoms with Crippen LogP contribution in [0.25, 0.3) is 5.32 Å². The molecule has 0 spiro atoms. The number of nitrogens with one attached hydrogen (secondary N) is 3. The number of aromatic hydroxyl groups is 1. The summed E-state index contributed by atoms with van der Waals surface area (Å²) in [5.41, 5.74) is 4.89. The van der Waals surface area contributed by atoms with Gasteiger partial charge in [-0.2, -0.15) is 19.2 Å². The maximum absolute atomic E-state index is 13.5. The van der Waals surface area contributed by atoms with Gasteiger partial charge in [-0.1, -0.05) is 75.7 Å². The second-order valence-electron chi connectivity index (χ2n) is 31.6. The molecule has 0 aliphatic carbocycles. The number of likely N-dealkylation sites (N-methyl/N-ethyl adjacent to an activating group) is 4. The van der Waals surface area contributed by atoms with Crippen molar-refractivity contribution in [2.75, 3.05) is 170 Å². The predicted octanol–water partition coefficient (Wildman–Crippen LogP) is 10.4. The molecule has 6 fully saturated rings. The van der Waals surface area contributed by atoms with E-state index in [1.165, 1.54) is 23.5 Å². The predicted molar refractivity (Wildman–Crippen MR) is 493 cm³/mol. The summed E-state index contributed by atoms with van der Waals surface area (Å²) in [6.07, 6.45) is 1.62. The molecule has 4 aromatic carbocycles. The summed E-state index contributed by atoms with van der Waals surface area (Å²) in [6, 6.07) is 15.2. The van der Waals surface area contributed by atoms with Crippen LogP contribution < -0.4 is 45.7 Å². The molecule has 4 aromatic rings. The van der Waals surface area contributed by atoms with Crippen LogP contribution in [0.3, 0.4) is 0 Å². The van der Waals surface area contributed by atoms with Crippen molar-refractivity contribution in [1.82, 2.24) is 45.3 Å². The van der Waals surface area contributed by atoms with Crippen molar-refractivity contribution in [2.24, 2.45) is 0 Å². The number of halogens is 3. The number of fused-ring (bicyclic) bond motifs is 6. The zero-order valence-electron chi connectivity index (χ0n) is 81.8. The Kier molecular flexibility index (Phi) is 62.0. The Hall–Kier alpha value is -12.0. The minimum atomic E-state index is -0.865. The van der Waals surface area contributed by atoms with Crippen LogP contribution in [0, 0.1) is 42.0 Å². The summed E-state index contributed by atoms with van der Waals surface area (Å²) in [5.74, 6) is -1.35. The number of hydrogen-bond acceptors (Lipinski definition) is 32. The minimum absolute atomic E-state index is 0. The maximum atomic E-state index is 13.5. The van der Waals surface area contributed by atoms with E-state index < -0.39 is 60.9 Å². The molecule has 133 heavy (non-hydrogen) atoms. The number of ether oxygens (including phenoxy) is 8. The Labute approximate surface area is 779 Å². The molecule has 12 rings (SSSR count). The fourth-order valence-electron chi connectivity index (χ4n) is 12.8. The summed E-state index contributed by atoms with van der Waals surface area (Å²) in [4.78, 5) is 147. The molecule has 0 saturated carbocycles. The van der Waals surface area contributed by atoms with Crippen molar-refractivity contribution < 1.29 is 120 Å². The fourth-order valence-corrected chi connectivity index (χ4v) is 12.8. The number of amides is 6. The molecule has 6 amide bonds. The molecule has 0 bridgehead atoms. The first kappa shape index (κ1) is 127. The Morgan fingerprint density at radius 1 is 0.602 bits per heavy atom. The molecular weight excluding hydrogens is 2030 g/mol. The van der Waals surface area contributed by atoms with Gasteiger partial charge in [0.05, 0.1) is 115 Å². The quantitative estimate of drug-likeness (QED) is 0.0296. The third kappa shape index (κ3) is 45.3. The summed E-state index contributed by atoms with van der Waals surface area (Å²) in [5, 5.41) is 61.6. The number of aliphatic hydroxyl groups is 1. The van der Waals surface area contributed by atoms with Gasteiger partial charge in [0.2, 0.25) is 23.6 Å². The van der Waals surface area contributed by atoms with Crippen LogP contribution >= 0.6 is 12.4 Å². The van der Waals surface area contributed by atoms with Crippen LogP contribution in [-0.4, -0.2) is 316 Å². The molecule has 6 atom stereocenters. The van der Waals surface area contributed by atoms with Gasteiger partial charge in [0.1, 0.15) is 54.0 Å². The number of nitrogens with two attached hydrogens (primary N) is 1. The number of phenolic OH excluding ortho intramolecular Hbond substituents is 1. The van der Waals surface area contributed by atoms with E-state index in [9.17, 15) is 67.9 Å². The number of carbonyl (C=O) groups is 6. The molecule has 8 aliphatic rings. The number of nitro benzene ring substituents is 3. The van der Waals surface area contributed by atoms with Gasteiger partial charge in [-0.15, -0.1) is 25.5 Å². The zero-order chi connectivity index (χ0) is 101. The Bertz CT molecular complexity index is 4230. The molecule has 0 aromatic heterocycles. The van der Waals surface area contributed by atoms with Gasteiger partial charge in [0, 0.05) is 69.3 Å². The smallest absolute Gasteiger partial charge is 0.414 e. The second-order valence-corrected chi connectivity index (χ2v) is 31.6. The van der Waals surface area contributed by atoms with Crippen LogP contribution in [0.15, 0.2) is 72.8 Å². The first-order valence-electron chi connectivity index (χ1n) is 42.9. The molecule has 750 valence electrons. The number of methoxy groups -OCH3 is 1. The molecule has 46 heteroatoms. The molecular formula is C87H142ClF2N16O26Rf-. The van der Waals surface area contributed by atoms with Gasteiger partial charge in [-0.25, -0.2) is 18.4 Å². The van der Waals surface area contributed by atoms with Crippen LogP contribution in [0.5, 0.6) is 23.0 Å². The van der Waals surface area contributed by atoms with Gasteiger partial charge in [-0.05, 0) is 148 Å². The fraction of sp³-hybridized carbons (Fsp3) is 0.632. The largest absolute Gasteiger partial charge is 0.661 e. The summed E-state index contributed by atoms with van der Waals surface area (Å²) >= 11 is 0. The number of hydrogen-bond donors (Lipinski definition) is 6. The minimum Gasteiger partial charge on any atom is -0.661 e. The van der Waals surface area contributed by atoms with E-state index >= 15 is 0 Å². The van der Waals surface area contributed by atoms with Gasteiger partial charge in [-0.3, -0.25) is 83.8 Å². The monoisotopic (exact) mass is 2170 g/mol. The van der Waals surface area contributed by atoms with Crippen molar-refractivity contribution in [1.29, 1.82) is 0 Å². The number of phenols is 1. The first-order valence-corrected chi connectivity index (χ1v) is 42.9. The molecule has 0 radical (unpaired) electrons. The van der Waals surface area contributed by atoms with E-state index in [0.29, 0.717) is 88.6 Å². The van der Waals surface area contributed by atoms with E-state index in [1.54, 1.807) is 42.2 Å². The second kappa shape index (κ2) is 64.8. The average molecular weight is 2170 g/mol. The number of rotatable bonds is 14. The normalized spacial score (nSPS) is 18.9. The Morgan fingerprint density at radius 2 is 1.00 bits per heavy atom. The van der Waals surface area contributed by atoms with Crippen molar-refractivity contribution in [3.8, 4) is 23.0 Å². The maximum Gasteiger partial charge on any atom is 0.414 e. The van der Waals surface area contributed by atoms with Crippen molar-refractivity contribution in [3.05, 3.63) is 120 Å². The van der Waals surface area contributed by atoms with Crippen molar-refractivity contribution in [2.45, 2.75) is 210 Å². The number of nitro groups is 3. The Morgan fingerprint density at radius 3 is 1.41 bits per heavy atom. The number of carbonyl (C=O) groups excluding carboxylic acids is 10. The van der Waals surface area contributed by atoms with Gasteiger partial charge in [0.25, 0.3) is 17.1 Å². The summed E-state index contributed by atoms with van der Waals surface area (Å²) in [7, 11) is 11.0. The number of aliphatic hydroxyl groups excluding tert-OH is 1. The zero-order valence-corrected chi connectivity index (χ0v) is 89.1. The topological polar surface area (TPSA) is 517 Å². The number of anilines is 3. The third-order valence-electron chi connectivity index (χ3n) is 17.9. The molecule has 7 N–H and O–H groups in total. The molecule has 6 saturated heterocycles. The number of nitrogens with zero attached hydrogens (tertiary/aromatic N) is 12. The van der Waals surface area contributed by atoms with Gasteiger partial charge in [0.15, 0.2) is 29.4 Å². The summed E-state index contributed by atoms with van der Waals surface area (Å²) < 4.78 is 69.4. The van der Waals surface area contributed by atoms with Crippen LogP contribution in [0.2, 0.25) is 0 Å².